The van der Waals surface area contributed by atoms with E-state index in [1.165, 1.54) is 13.2 Å². The van der Waals surface area contributed by atoms with Crippen LogP contribution >= 0.6 is 0 Å². The smallest absolute Gasteiger partial charge is 0.328 e. The Morgan fingerprint density at radius 2 is 2.22 bits per heavy atom. The van der Waals surface area contributed by atoms with E-state index >= 15 is 0 Å². The van der Waals surface area contributed by atoms with E-state index in [9.17, 15) is 19.7 Å². The minimum Gasteiger partial charge on any atom is -0.467 e. The summed E-state index contributed by atoms with van der Waals surface area (Å²) in [5.74, 6) is -0.512. The molecule has 3 rings (SSSR count). The number of amides is 1. The number of ether oxygens (including phenoxy) is 1. The molecule has 0 bridgehead atoms. The average molecular weight is 319 g/mol. The van der Waals surface area contributed by atoms with Gasteiger partial charge in [-0.25, -0.2) is 4.79 Å². The third-order valence-electron chi connectivity index (χ3n) is 4.33. The molecule has 0 radical (unpaired) electrons. The van der Waals surface area contributed by atoms with Crippen LogP contribution in [0.3, 0.4) is 0 Å². The molecule has 1 aromatic rings. The lowest BCUT2D eigenvalue weighted by molar-refractivity contribution is -0.384. The lowest BCUT2D eigenvalue weighted by Crippen LogP contribution is -2.37. The second kappa shape index (κ2) is 5.86. The molecule has 23 heavy (non-hydrogen) atoms. The number of fused-ring (bicyclic) bond motifs is 1. The number of nitrogens with zero attached hydrogens (tertiary/aromatic N) is 2. The van der Waals surface area contributed by atoms with Gasteiger partial charge in [-0.3, -0.25) is 14.9 Å². The first-order valence-electron chi connectivity index (χ1n) is 7.47. The zero-order valence-corrected chi connectivity index (χ0v) is 12.7. The Morgan fingerprint density at radius 3 is 2.91 bits per heavy atom. The molecule has 122 valence electrons. The van der Waals surface area contributed by atoms with Crippen molar-refractivity contribution in [2.24, 2.45) is 0 Å². The summed E-state index contributed by atoms with van der Waals surface area (Å²) in [6.07, 6.45) is 2.13. The number of carbonyl (C=O) groups is 2. The van der Waals surface area contributed by atoms with Crippen molar-refractivity contribution in [2.45, 2.75) is 31.7 Å². The molecule has 2 aliphatic rings. The van der Waals surface area contributed by atoms with Gasteiger partial charge in [-0.15, -0.1) is 0 Å². The lowest BCUT2D eigenvalue weighted by atomic mass is 10.0. The summed E-state index contributed by atoms with van der Waals surface area (Å²) in [6, 6.07) is 2.57. The maximum absolute atomic E-state index is 11.9. The zero-order valence-electron chi connectivity index (χ0n) is 12.7. The third kappa shape index (κ3) is 2.71. The van der Waals surface area contributed by atoms with Gasteiger partial charge in [0.05, 0.1) is 12.0 Å². The summed E-state index contributed by atoms with van der Waals surface area (Å²) in [4.78, 5) is 36.2. The number of nitro groups is 1. The Balaban J connectivity index is 2.06. The Hall–Kier alpha value is -2.64. The highest BCUT2D eigenvalue weighted by Gasteiger charge is 2.36. The van der Waals surface area contributed by atoms with Crippen molar-refractivity contribution in [3.8, 4) is 0 Å². The summed E-state index contributed by atoms with van der Waals surface area (Å²) in [6.45, 7) is 0.535. The van der Waals surface area contributed by atoms with Crippen LogP contribution in [0.1, 0.15) is 24.8 Å². The maximum atomic E-state index is 11.9. The molecule has 8 nitrogen and oxygen atoms in total. The van der Waals surface area contributed by atoms with Crippen LogP contribution in [-0.4, -0.2) is 36.5 Å². The molecule has 1 amide bonds. The van der Waals surface area contributed by atoms with Gasteiger partial charge in [0.25, 0.3) is 5.69 Å². The van der Waals surface area contributed by atoms with E-state index in [0.29, 0.717) is 37.2 Å². The SMILES string of the molecule is COC(=O)[C@@H]1CCCN1c1cc2c(cc1[N+](=O)[O-])CCC(=O)N2. The van der Waals surface area contributed by atoms with Crippen LogP contribution in [0.15, 0.2) is 12.1 Å². The van der Waals surface area contributed by atoms with Crippen molar-refractivity contribution in [3.63, 3.8) is 0 Å². The molecule has 0 saturated carbocycles. The molecule has 1 saturated heterocycles. The number of methoxy groups -OCH3 is 1. The summed E-state index contributed by atoms with van der Waals surface area (Å²) < 4.78 is 4.80. The first kappa shape index (κ1) is 15.3. The summed E-state index contributed by atoms with van der Waals surface area (Å²) in [5, 5.41) is 14.2. The summed E-state index contributed by atoms with van der Waals surface area (Å²) >= 11 is 0. The minimum atomic E-state index is -0.531. The highest BCUT2D eigenvalue weighted by atomic mass is 16.6. The first-order chi connectivity index (χ1) is 11.0. The number of rotatable bonds is 3. The van der Waals surface area contributed by atoms with Gasteiger partial charge in [0.2, 0.25) is 5.91 Å². The van der Waals surface area contributed by atoms with Crippen LogP contribution in [0.5, 0.6) is 0 Å². The van der Waals surface area contributed by atoms with E-state index < -0.39 is 16.9 Å². The van der Waals surface area contributed by atoms with Gasteiger partial charge in [0.1, 0.15) is 11.7 Å². The zero-order chi connectivity index (χ0) is 16.6. The number of aryl methyl sites for hydroxylation is 1. The molecule has 8 heteroatoms. The van der Waals surface area contributed by atoms with Gasteiger partial charge in [0.15, 0.2) is 0 Å². The quantitative estimate of drug-likeness (QED) is 0.516. The molecule has 0 aromatic heterocycles. The molecular weight excluding hydrogens is 302 g/mol. The highest BCUT2D eigenvalue weighted by molar-refractivity contribution is 5.95. The highest BCUT2D eigenvalue weighted by Crippen LogP contribution is 2.39. The molecule has 1 atom stereocenters. The third-order valence-corrected chi connectivity index (χ3v) is 4.33. The number of nitro benzene ring substituents is 1. The van der Waals surface area contributed by atoms with Crippen molar-refractivity contribution in [2.75, 3.05) is 23.9 Å². The second-order valence-electron chi connectivity index (χ2n) is 5.68. The van der Waals surface area contributed by atoms with Crippen molar-refractivity contribution in [1.82, 2.24) is 0 Å². The number of hydrogen-bond acceptors (Lipinski definition) is 6. The van der Waals surface area contributed by atoms with Crippen molar-refractivity contribution >= 4 is 28.9 Å². The Kier molecular flexibility index (Phi) is 3.89. The fraction of sp³-hybridized carbons (Fsp3) is 0.467. The predicted molar refractivity (Wildman–Crippen MR) is 82.4 cm³/mol. The predicted octanol–water partition coefficient (Wildman–Crippen LogP) is 1.62. The fourth-order valence-electron chi connectivity index (χ4n) is 3.22. The van der Waals surface area contributed by atoms with Gasteiger partial charge in [0, 0.05) is 24.7 Å². The number of benzene rings is 1. The topological polar surface area (TPSA) is 102 Å². The van der Waals surface area contributed by atoms with E-state index in [0.717, 1.165) is 12.0 Å². The first-order valence-corrected chi connectivity index (χ1v) is 7.47. The molecule has 0 unspecified atom stereocenters. The minimum absolute atomic E-state index is 0.0456. The molecule has 2 aliphatic heterocycles. The van der Waals surface area contributed by atoms with Crippen LogP contribution < -0.4 is 10.2 Å². The van der Waals surface area contributed by atoms with Crippen molar-refractivity contribution in [1.29, 1.82) is 0 Å². The number of anilines is 2. The fourth-order valence-corrected chi connectivity index (χ4v) is 3.22. The Morgan fingerprint density at radius 1 is 1.43 bits per heavy atom. The van der Waals surface area contributed by atoms with Crippen LogP contribution in [0, 0.1) is 10.1 Å². The van der Waals surface area contributed by atoms with E-state index in [-0.39, 0.29) is 11.6 Å². The summed E-state index contributed by atoms with van der Waals surface area (Å²) in [5.41, 5.74) is 1.63. The van der Waals surface area contributed by atoms with Gasteiger partial charge in [-0.2, -0.15) is 0 Å². The molecule has 1 N–H and O–H groups in total. The van der Waals surface area contributed by atoms with Crippen LogP contribution in [0.25, 0.3) is 0 Å². The molecule has 2 heterocycles. The standard InChI is InChI=1S/C15H17N3O5/c1-23-15(20)11-3-2-6-17(11)12-8-10-9(4-5-14(19)16-10)7-13(12)18(21)22/h7-8,11H,2-6H2,1H3,(H,16,19)/t11-/m0/s1. The summed E-state index contributed by atoms with van der Waals surface area (Å²) in [7, 11) is 1.31. The second-order valence-corrected chi connectivity index (χ2v) is 5.68. The van der Waals surface area contributed by atoms with Gasteiger partial charge < -0.3 is 15.0 Å². The van der Waals surface area contributed by atoms with Crippen LogP contribution in [0.2, 0.25) is 0 Å². The molecule has 0 aliphatic carbocycles. The van der Waals surface area contributed by atoms with E-state index in [2.05, 4.69) is 5.32 Å². The van der Waals surface area contributed by atoms with Gasteiger partial charge in [-0.05, 0) is 30.9 Å². The van der Waals surface area contributed by atoms with Gasteiger partial charge >= 0.3 is 5.97 Å². The van der Waals surface area contributed by atoms with Crippen LogP contribution in [-0.2, 0) is 20.7 Å². The van der Waals surface area contributed by atoms with E-state index in [4.69, 9.17) is 4.74 Å². The normalized spacial score (nSPS) is 20.0. The van der Waals surface area contributed by atoms with E-state index in [1.54, 1.807) is 11.0 Å². The van der Waals surface area contributed by atoms with Crippen molar-refractivity contribution < 1.29 is 19.2 Å². The molecule has 1 fully saturated rings. The van der Waals surface area contributed by atoms with Gasteiger partial charge in [-0.1, -0.05) is 0 Å². The average Bonchev–Trinajstić information content (AvgIpc) is 3.02. The Labute approximate surface area is 132 Å². The largest absolute Gasteiger partial charge is 0.467 e. The Bertz CT molecular complexity index is 688. The van der Waals surface area contributed by atoms with Crippen LogP contribution in [0.4, 0.5) is 17.1 Å². The molecule has 1 aromatic carbocycles. The maximum Gasteiger partial charge on any atom is 0.328 e. The number of hydrogen-bond donors (Lipinski definition) is 1. The molecular formula is C15H17N3O5. The monoisotopic (exact) mass is 319 g/mol. The number of esters is 1. The number of carbonyl (C=O) groups excluding carboxylic acids is 2. The van der Waals surface area contributed by atoms with E-state index in [1.807, 2.05) is 0 Å². The molecule has 0 spiro atoms. The lowest BCUT2D eigenvalue weighted by Gasteiger charge is -2.26. The van der Waals surface area contributed by atoms with Crippen molar-refractivity contribution in [3.05, 3.63) is 27.8 Å². The number of nitrogens with one attached hydrogen (secondary N) is 1.